The van der Waals surface area contributed by atoms with Gasteiger partial charge >= 0.3 is 0 Å². The summed E-state index contributed by atoms with van der Waals surface area (Å²) in [6, 6.07) is 3.60. The molecule has 0 unspecified atom stereocenters. The molecule has 1 fully saturated rings. The van der Waals surface area contributed by atoms with E-state index in [-0.39, 0.29) is 11.7 Å². The Bertz CT molecular complexity index is 891. The molecule has 0 radical (unpaired) electrons. The molecule has 5 heteroatoms. The maximum Gasteiger partial charge on any atom is 0.289 e. The summed E-state index contributed by atoms with van der Waals surface area (Å²) >= 11 is 0. The van der Waals surface area contributed by atoms with Crippen LogP contribution in [0.25, 0.3) is 11.0 Å². The third kappa shape index (κ3) is 2.61. The van der Waals surface area contributed by atoms with Crippen LogP contribution in [0.4, 0.5) is 0 Å². The Morgan fingerprint density at radius 3 is 2.65 bits per heavy atom. The first-order valence-electron chi connectivity index (χ1n) is 9.51. The number of hydrogen-bond acceptors (Lipinski definition) is 4. The number of fused-ring (bicyclic) bond motifs is 3. The van der Waals surface area contributed by atoms with E-state index in [1.54, 1.807) is 6.07 Å². The minimum absolute atomic E-state index is 0.0575. The number of furan rings is 1. The molecule has 0 spiro atoms. The van der Waals surface area contributed by atoms with E-state index >= 15 is 0 Å². The molecule has 1 aromatic carbocycles. The predicted octanol–water partition coefficient (Wildman–Crippen LogP) is 4.50. The molecule has 0 N–H and O–H groups in total. The predicted molar refractivity (Wildman–Crippen MR) is 99.0 cm³/mol. The third-order valence-electron chi connectivity index (χ3n) is 5.81. The van der Waals surface area contributed by atoms with Crippen LogP contribution >= 0.6 is 0 Å². The summed E-state index contributed by atoms with van der Waals surface area (Å²) in [5, 5.41) is 0.728. The van der Waals surface area contributed by atoms with Gasteiger partial charge < -0.3 is 14.1 Å². The van der Waals surface area contributed by atoms with Crippen molar-refractivity contribution in [1.29, 1.82) is 0 Å². The number of rotatable bonds is 2. The smallest absolute Gasteiger partial charge is 0.289 e. The Kier molecular flexibility index (Phi) is 4.05. The molecular weight excluding hydrogens is 330 g/mol. The maximum absolute atomic E-state index is 12.9. The van der Waals surface area contributed by atoms with Crippen LogP contribution in [-0.4, -0.2) is 35.3 Å². The van der Waals surface area contributed by atoms with E-state index in [1.807, 2.05) is 31.7 Å². The molecule has 4 rings (SSSR count). The average Bonchev–Trinajstić information content (AvgIpc) is 2.98. The fraction of sp³-hybridized carbons (Fsp3) is 0.524. The standard InChI is InChI=1S/C21H25NO4/c1-4-21(3)12-14(23)18-16(26-21)9-8-15-17(18)13(2)19(25-15)20(24)22-10-6-5-7-11-22/h8-9H,4-7,10-12H2,1-3H3/t21-/m0/s1. The second-order valence-corrected chi connectivity index (χ2v) is 7.73. The van der Waals surface area contributed by atoms with Gasteiger partial charge in [0, 0.05) is 24.0 Å². The van der Waals surface area contributed by atoms with Gasteiger partial charge in [0.1, 0.15) is 16.9 Å². The van der Waals surface area contributed by atoms with Gasteiger partial charge in [-0.1, -0.05) is 6.92 Å². The van der Waals surface area contributed by atoms with Crippen molar-refractivity contribution in [1.82, 2.24) is 4.90 Å². The molecule has 2 aliphatic rings. The van der Waals surface area contributed by atoms with Gasteiger partial charge in [-0.25, -0.2) is 0 Å². The van der Waals surface area contributed by atoms with Crippen molar-refractivity contribution in [3.8, 4) is 5.75 Å². The van der Waals surface area contributed by atoms with Crippen molar-refractivity contribution < 1.29 is 18.7 Å². The van der Waals surface area contributed by atoms with Crippen molar-refractivity contribution in [2.75, 3.05) is 13.1 Å². The van der Waals surface area contributed by atoms with Crippen LogP contribution in [0, 0.1) is 6.92 Å². The molecular formula is C21H25NO4. The van der Waals surface area contributed by atoms with E-state index in [0.717, 1.165) is 43.3 Å². The topological polar surface area (TPSA) is 59.8 Å². The van der Waals surface area contributed by atoms with Crippen molar-refractivity contribution in [3.05, 3.63) is 29.0 Å². The maximum atomic E-state index is 12.9. The summed E-state index contributed by atoms with van der Waals surface area (Å²) in [5.74, 6) is 0.933. The number of amides is 1. The lowest BCUT2D eigenvalue weighted by molar-refractivity contribution is 0.0502. The van der Waals surface area contributed by atoms with Gasteiger partial charge in [-0.15, -0.1) is 0 Å². The fourth-order valence-electron chi connectivity index (χ4n) is 4.06. The minimum atomic E-state index is -0.470. The van der Waals surface area contributed by atoms with Crippen LogP contribution in [0.5, 0.6) is 5.75 Å². The molecule has 2 aromatic rings. The van der Waals surface area contributed by atoms with Crippen molar-refractivity contribution in [3.63, 3.8) is 0 Å². The lowest BCUT2D eigenvalue weighted by Gasteiger charge is -2.34. The Labute approximate surface area is 153 Å². The van der Waals surface area contributed by atoms with Crippen molar-refractivity contribution >= 4 is 22.7 Å². The summed E-state index contributed by atoms with van der Waals surface area (Å²) in [4.78, 5) is 27.6. The molecule has 1 amide bonds. The normalized spacial score (nSPS) is 23.0. The first-order chi connectivity index (χ1) is 12.4. The van der Waals surface area contributed by atoms with Crippen molar-refractivity contribution in [2.24, 2.45) is 0 Å². The summed E-state index contributed by atoms with van der Waals surface area (Å²) in [7, 11) is 0. The molecule has 1 atom stereocenters. The van der Waals surface area contributed by atoms with Crippen LogP contribution in [0.3, 0.4) is 0 Å². The molecule has 0 aliphatic carbocycles. The summed E-state index contributed by atoms with van der Waals surface area (Å²) < 4.78 is 12.0. The summed E-state index contributed by atoms with van der Waals surface area (Å²) in [5.41, 5.74) is 1.41. The zero-order valence-electron chi connectivity index (χ0n) is 15.7. The lowest BCUT2D eigenvalue weighted by Crippen LogP contribution is -2.38. The van der Waals surface area contributed by atoms with E-state index in [0.29, 0.717) is 29.1 Å². The number of carbonyl (C=O) groups is 2. The Morgan fingerprint density at radius 1 is 1.23 bits per heavy atom. The second-order valence-electron chi connectivity index (χ2n) is 7.73. The number of hydrogen-bond donors (Lipinski definition) is 0. The SMILES string of the molecule is CC[C@@]1(C)CC(=O)c2c(ccc3oc(C(=O)N4CCCCC4)c(C)c23)O1. The Balaban J connectivity index is 1.80. The zero-order chi connectivity index (χ0) is 18.5. The number of aryl methyl sites for hydroxylation is 1. The van der Waals surface area contributed by atoms with Gasteiger partial charge in [-0.2, -0.15) is 0 Å². The van der Waals surface area contributed by atoms with Gasteiger partial charge in [0.05, 0.1) is 12.0 Å². The highest BCUT2D eigenvalue weighted by molar-refractivity contribution is 6.13. The molecule has 1 aromatic heterocycles. The van der Waals surface area contributed by atoms with Gasteiger partial charge in [0.15, 0.2) is 11.5 Å². The quantitative estimate of drug-likeness (QED) is 0.796. The molecule has 0 bridgehead atoms. The molecule has 2 aliphatic heterocycles. The molecule has 26 heavy (non-hydrogen) atoms. The molecule has 3 heterocycles. The van der Waals surface area contributed by atoms with E-state index in [2.05, 4.69) is 0 Å². The number of ketones is 1. The van der Waals surface area contributed by atoms with Crippen LogP contribution in [0.2, 0.25) is 0 Å². The molecule has 1 saturated heterocycles. The number of benzene rings is 1. The first-order valence-corrected chi connectivity index (χ1v) is 9.51. The highest BCUT2D eigenvalue weighted by Crippen LogP contribution is 2.41. The van der Waals surface area contributed by atoms with E-state index in [1.165, 1.54) is 6.42 Å². The lowest BCUT2D eigenvalue weighted by atomic mass is 9.87. The highest BCUT2D eigenvalue weighted by Gasteiger charge is 2.37. The Hall–Kier alpha value is -2.30. The first kappa shape index (κ1) is 17.1. The average molecular weight is 355 g/mol. The van der Waals surface area contributed by atoms with Crippen molar-refractivity contribution in [2.45, 2.75) is 58.5 Å². The van der Waals surface area contributed by atoms with Gasteiger partial charge in [0.2, 0.25) is 0 Å². The number of likely N-dealkylation sites (tertiary alicyclic amines) is 1. The monoisotopic (exact) mass is 355 g/mol. The fourth-order valence-corrected chi connectivity index (χ4v) is 4.06. The minimum Gasteiger partial charge on any atom is -0.486 e. The van der Waals surface area contributed by atoms with Crippen LogP contribution < -0.4 is 4.74 Å². The summed E-state index contributed by atoms with van der Waals surface area (Å²) in [6.07, 6.45) is 4.33. The van der Waals surface area contributed by atoms with Crippen LogP contribution in [0.15, 0.2) is 16.5 Å². The second kappa shape index (κ2) is 6.15. The van der Waals surface area contributed by atoms with E-state index < -0.39 is 5.60 Å². The number of piperidine rings is 1. The zero-order valence-corrected chi connectivity index (χ0v) is 15.7. The van der Waals surface area contributed by atoms with E-state index in [4.69, 9.17) is 9.15 Å². The van der Waals surface area contributed by atoms with Crippen LogP contribution in [0.1, 0.15) is 72.4 Å². The largest absolute Gasteiger partial charge is 0.486 e. The highest BCUT2D eigenvalue weighted by atomic mass is 16.5. The number of carbonyl (C=O) groups excluding carboxylic acids is 2. The molecule has 138 valence electrons. The molecule has 5 nitrogen and oxygen atoms in total. The van der Waals surface area contributed by atoms with Gasteiger partial charge in [-0.3, -0.25) is 9.59 Å². The molecule has 0 saturated carbocycles. The van der Waals surface area contributed by atoms with E-state index in [9.17, 15) is 9.59 Å². The summed E-state index contributed by atoms with van der Waals surface area (Å²) in [6.45, 7) is 7.39. The van der Waals surface area contributed by atoms with Gasteiger partial charge in [-0.05, 0) is 51.7 Å². The Morgan fingerprint density at radius 2 is 1.96 bits per heavy atom. The number of nitrogens with zero attached hydrogens (tertiary/aromatic N) is 1. The number of ether oxygens (including phenoxy) is 1. The van der Waals surface area contributed by atoms with Gasteiger partial charge in [0.25, 0.3) is 5.91 Å². The third-order valence-corrected chi connectivity index (χ3v) is 5.81. The van der Waals surface area contributed by atoms with Crippen LogP contribution in [-0.2, 0) is 0 Å². The number of Topliss-reactive ketones (excluding diaryl/α,β-unsaturated/α-hetero) is 1.